The van der Waals surface area contributed by atoms with E-state index in [0.29, 0.717) is 13.0 Å². The SMILES string of the molecule is CC(=O)OCCCCCCOC(=O)c1cc(OC(C)=O)ccc1OC(C)=O. The second-order valence-electron chi connectivity index (χ2n) is 5.74. The van der Waals surface area contributed by atoms with Crippen molar-refractivity contribution in [3.05, 3.63) is 23.8 Å². The lowest BCUT2D eigenvalue weighted by atomic mass is 10.2. The Morgan fingerprint density at radius 3 is 1.89 bits per heavy atom. The van der Waals surface area contributed by atoms with Crippen LogP contribution in [0.25, 0.3) is 0 Å². The van der Waals surface area contributed by atoms with Crippen LogP contribution >= 0.6 is 0 Å². The van der Waals surface area contributed by atoms with Crippen molar-refractivity contribution in [3.8, 4) is 11.5 Å². The predicted molar refractivity (Wildman–Crippen MR) is 94.4 cm³/mol. The summed E-state index contributed by atoms with van der Waals surface area (Å²) in [6.45, 7) is 4.37. The van der Waals surface area contributed by atoms with E-state index in [1.807, 2.05) is 0 Å². The van der Waals surface area contributed by atoms with Crippen LogP contribution in [-0.4, -0.2) is 37.1 Å². The molecule has 8 nitrogen and oxygen atoms in total. The molecule has 0 aliphatic rings. The molecule has 0 saturated heterocycles. The molecule has 0 saturated carbocycles. The number of unbranched alkanes of at least 4 members (excludes halogenated alkanes) is 3. The van der Waals surface area contributed by atoms with Gasteiger partial charge in [0.25, 0.3) is 0 Å². The third-order valence-corrected chi connectivity index (χ3v) is 3.26. The Balaban J connectivity index is 2.54. The number of hydrogen-bond acceptors (Lipinski definition) is 8. The van der Waals surface area contributed by atoms with Crippen molar-refractivity contribution in [1.82, 2.24) is 0 Å². The van der Waals surface area contributed by atoms with E-state index in [1.54, 1.807) is 0 Å². The van der Waals surface area contributed by atoms with E-state index >= 15 is 0 Å². The quantitative estimate of drug-likeness (QED) is 0.347. The van der Waals surface area contributed by atoms with Crippen LogP contribution in [0, 0.1) is 0 Å². The molecule has 0 aliphatic heterocycles. The zero-order valence-corrected chi connectivity index (χ0v) is 15.7. The van der Waals surface area contributed by atoms with Crippen molar-refractivity contribution in [2.24, 2.45) is 0 Å². The largest absolute Gasteiger partial charge is 0.466 e. The minimum atomic E-state index is -0.680. The standard InChI is InChI=1S/C19H24O8/c1-13(20)24-10-6-4-5-7-11-25-19(23)17-12-16(26-14(2)21)8-9-18(17)27-15(3)22/h8-9,12H,4-7,10-11H2,1-3H3. The number of benzene rings is 1. The summed E-state index contributed by atoms with van der Waals surface area (Å²) in [6, 6.07) is 4.08. The van der Waals surface area contributed by atoms with E-state index in [1.165, 1.54) is 39.0 Å². The molecule has 0 aromatic heterocycles. The maximum absolute atomic E-state index is 12.3. The second-order valence-corrected chi connectivity index (χ2v) is 5.74. The maximum atomic E-state index is 12.3. The smallest absolute Gasteiger partial charge is 0.342 e. The first-order valence-electron chi connectivity index (χ1n) is 8.61. The third-order valence-electron chi connectivity index (χ3n) is 3.26. The summed E-state index contributed by atoms with van der Waals surface area (Å²) in [5.74, 6) is -1.93. The molecule has 148 valence electrons. The highest BCUT2D eigenvalue weighted by Crippen LogP contribution is 2.25. The molecule has 1 aromatic carbocycles. The van der Waals surface area contributed by atoms with Crippen LogP contribution in [0.3, 0.4) is 0 Å². The zero-order valence-electron chi connectivity index (χ0n) is 15.7. The molecular weight excluding hydrogens is 356 g/mol. The van der Waals surface area contributed by atoms with Crippen molar-refractivity contribution in [2.75, 3.05) is 13.2 Å². The molecule has 1 rings (SSSR count). The highest BCUT2D eigenvalue weighted by molar-refractivity contribution is 5.94. The van der Waals surface area contributed by atoms with Gasteiger partial charge < -0.3 is 18.9 Å². The van der Waals surface area contributed by atoms with Crippen molar-refractivity contribution in [2.45, 2.75) is 46.5 Å². The number of hydrogen-bond donors (Lipinski definition) is 0. The summed E-state index contributed by atoms with van der Waals surface area (Å²) in [6.07, 6.45) is 3.03. The lowest BCUT2D eigenvalue weighted by Crippen LogP contribution is -2.12. The van der Waals surface area contributed by atoms with Crippen LogP contribution in [0.4, 0.5) is 0 Å². The topological polar surface area (TPSA) is 105 Å². The minimum absolute atomic E-state index is 0.00110. The summed E-state index contributed by atoms with van der Waals surface area (Å²) in [5.41, 5.74) is -0.00110. The summed E-state index contributed by atoms with van der Waals surface area (Å²) in [5, 5.41) is 0. The van der Waals surface area contributed by atoms with Crippen LogP contribution in [0.15, 0.2) is 18.2 Å². The Morgan fingerprint density at radius 2 is 1.33 bits per heavy atom. The van der Waals surface area contributed by atoms with Gasteiger partial charge in [0.1, 0.15) is 17.1 Å². The normalized spacial score (nSPS) is 10.0. The van der Waals surface area contributed by atoms with E-state index in [0.717, 1.165) is 19.3 Å². The number of ether oxygens (including phenoxy) is 4. The van der Waals surface area contributed by atoms with Gasteiger partial charge in [0.05, 0.1) is 13.2 Å². The van der Waals surface area contributed by atoms with Crippen LogP contribution in [0.5, 0.6) is 11.5 Å². The molecule has 0 aliphatic carbocycles. The number of esters is 4. The van der Waals surface area contributed by atoms with Gasteiger partial charge in [0.2, 0.25) is 0 Å². The van der Waals surface area contributed by atoms with Gasteiger partial charge in [-0.3, -0.25) is 14.4 Å². The van der Waals surface area contributed by atoms with E-state index in [2.05, 4.69) is 0 Å². The van der Waals surface area contributed by atoms with Crippen LogP contribution < -0.4 is 9.47 Å². The van der Waals surface area contributed by atoms with E-state index in [-0.39, 0.29) is 29.6 Å². The predicted octanol–water partition coefficient (Wildman–Crippen LogP) is 2.82. The molecule has 0 bridgehead atoms. The lowest BCUT2D eigenvalue weighted by molar-refractivity contribution is -0.141. The second kappa shape index (κ2) is 11.7. The molecule has 1 aromatic rings. The van der Waals surface area contributed by atoms with Crippen molar-refractivity contribution >= 4 is 23.9 Å². The summed E-state index contributed by atoms with van der Waals surface area (Å²) >= 11 is 0. The first-order valence-corrected chi connectivity index (χ1v) is 8.61. The first kappa shape index (κ1) is 22.1. The van der Waals surface area contributed by atoms with E-state index < -0.39 is 17.9 Å². The summed E-state index contributed by atoms with van der Waals surface area (Å²) < 4.78 is 20.0. The zero-order chi connectivity index (χ0) is 20.2. The molecule has 8 heteroatoms. The van der Waals surface area contributed by atoms with Crippen LogP contribution in [0.1, 0.15) is 56.8 Å². The minimum Gasteiger partial charge on any atom is -0.466 e. The Bertz CT molecular complexity index is 680. The maximum Gasteiger partial charge on any atom is 0.342 e. The number of carbonyl (C=O) groups is 4. The van der Waals surface area contributed by atoms with Gasteiger partial charge in [0, 0.05) is 20.8 Å². The Labute approximate surface area is 157 Å². The average molecular weight is 380 g/mol. The Kier molecular flexibility index (Phi) is 9.57. The van der Waals surface area contributed by atoms with Crippen molar-refractivity contribution < 1.29 is 38.1 Å². The van der Waals surface area contributed by atoms with Crippen LogP contribution in [-0.2, 0) is 23.9 Å². The van der Waals surface area contributed by atoms with Crippen molar-refractivity contribution in [3.63, 3.8) is 0 Å². The monoisotopic (exact) mass is 380 g/mol. The number of rotatable bonds is 10. The fraction of sp³-hybridized carbons (Fsp3) is 0.474. The Morgan fingerprint density at radius 1 is 0.741 bits per heavy atom. The highest BCUT2D eigenvalue weighted by Gasteiger charge is 2.17. The fourth-order valence-corrected chi connectivity index (χ4v) is 2.16. The molecule has 0 N–H and O–H groups in total. The van der Waals surface area contributed by atoms with Gasteiger partial charge in [0.15, 0.2) is 0 Å². The van der Waals surface area contributed by atoms with Crippen molar-refractivity contribution in [1.29, 1.82) is 0 Å². The Hall–Kier alpha value is -2.90. The van der Waals surface area contributed by atoms with Gasteiger partial charge in [-0.25, -0.2) is 4.79 Å². The summed E-state index contributed by atoms with van der Waals surface area (Å²) in [4.78, 5) is 45.2. The molecule has 0 amide bonds. The molecule has 0 radical (unpaired) electrons. The highest BCUT2D eigenvalue weighted by atomic mass is 16.6. The average Bonchev–Trinajstić information content (AvgIpc) is 2.57. The summed E-state index contributed by atoms with van der Waals surface area (Å²) in [7, 11) is 0. The lowest BCUT2D eigenvalue weighted by Gasteiger charge is -2.11. The first-order chi connectivity index (χ1) is 12.8. The molecule has 0 heterocycles. The molecule has 0 atom stereocenters. The van der Waals surface area contributed by atoms with Gasteiger partial charge >= 0.3 is 23.9 Å². The van der Waals surface area contributed by atoms with E-state index in [4.69, 9.17) is 18.9 Å². The molecule has 0 unspecified atom stereocenters. The number of carbonyl (C=O) groups excluding carboxylic acids is 4. The van der Waals surface area contributed by atoms with E-state index in [9.17, 15) is 19.2 Å². The fourth-order valence-electron chi connectivity index (χ4n) is 2.16. The molecule has 0 spiro atoms. The molecular formula is C19H24O8. The molecule has 0 fully saturated rings. The van der Waals surface area contributed by atoms with Gasteiger partial charge in [-0.05, 0) is 43.9 Å². The van der Waals surface area contributed by atoms with Gasteiger partial charge in [-0.1, -0.05) is 0 Å². The van der Waals surface area contributed by atoms with Gasteiger partial charge in [-0.15, -0.1) is 0 Å². The molecule has 27 heavy (non-hydrogen) atoms. The van der Waals surface area contributed by atoms with Gasteiger partial charge in [-0.2, -0.15) is 0 Å². The third kappa shape index (κ3) is 9.39. The van der Waals surface area contributed by atoms with Crippen LogP contribution in [0.2, 0.25) is 0 Å².